The number of ketones is 1. The van der Waals surface area contributed by atoms with Gasteiger partial charge in [0.2, 0.25) is 0 Å². The molecule has 0 spiro atoms. The average Bonchev–Trinajstić information content (AvgIpc) is 2.81. The van der Waals surface area contributed by atoms with Gasteiger partial charge in [-0.3, -0.25) is 14.4 Å². The van der Waals surface area contributed by atoms with Crippen molar-refractivity contribution in [3.63, 3.8) is 0 Å². The Kier molecular flexibility index (Phi) is 6.11. The number of nitrogens with zero attached hydrogens (tertiary/aromatic N) is 4. The minimum Gasteiger partial charge on any atom is -0.366 e. The Morgan fingerprint density at radius 2 is 1.69 bits per heavy atom. The van der Waals surface area contributed by atoms with E-state index in [1.807, 2.05) is 35.2 Å². The predicted molar refractivity (Wildman–Crippen MR) is 119 cm³/mol. The number of amides is 1. The average molecular weight is 434 g/mol. The van der Waals surface area contributed by atoms with Crippen LogP contribution >= 0.6 is 0 Å². The van der Waals surface area contributed by atoms with Crippen LogP contribution in [0.4, 0.5) is 10.1 Å². The quantitative estimate of drug-likeness (QED) is 0.577. The van der Waals surface area contributed by atoms with Crippen molar-refractivity contribution in [2.45, 2.75) is 13.5 Å². The Labute approximate surface area is 184 Å². The lowest BCUT2D eigenvalue weighted by Crippen LogP contribution is -2.49. The lowest BCUT2D eigenvalue weighted by atomic mass is 10.1. The molecule has 0 N–H and O–H groups in total. The summed E-state index contributed by atoms with van der Waals surface area (Å²) in [4.78, 5) is 40.1. The van der Waals surface area contributed by atoms with Crippen LogP contribution in [0.5, 0.6) is 0 Å². The fraction of sp³-hybridized carbons (Fsp3) is 0.250. The smallest absolute Gasteiger partial charge is 0.274 e. The maximum Gasteiger partial charge on any atom is 0.274 e. The molecule has 1 amide bonds. The molecule has 32 heavy (non-hydrogen) atoms. The van der Waals surface area contributed by atoms with Crippen LogP contribution in [-0.2, 0) is 6.54 Å². The van der Waals surface area contributed by atoms with Gasteiger partial charge in [-0.25, -0.2) is 9.07 Å². The molecule has 0 unspecified atom stereocenters. The molecule has 2 aromatic carbocycles. The van der Waals surface area contributed by atoms with E-state index in [9.17, 15) is 18.8 Å². The van der Waals surface area contributed by atoms with E-state index in [0.717, 1.165) is 5.56 Å². The third kappa shape index (κ3) is 4.59. The molecule has 7 nitrogen and oxygen atoms in total. The highest BCUT2D eigenvalue weighted by Crippen LogP contribution is 2.22. The zero-order valence-electron chi connectivity index (χ0n) is 17.7. The van der Waals surface area contributed by atoms with Gasteiger partial charge in [0.15, 0.2) is 5.78 Å². The largest absolute Gasteiger partial charge is 0.366 e. The van der Waals surface area contributed by atoms with Crippen LogP contribution < -0.4 is 10.5 Å². The number of aromatic nitrogens is 2. The number of benzene rings is 2. The number of hydrogen-bond donors (Lipinski definition) is 0. The second kappa shape index (κ2) is 9.13. The zero-order valence-corrected chi connectivity index (χ0v) is 17.7. The van der Waals surface area contributed by atoms with Crippen LogP contribution in [0.1, 0.15) is 33.3 Å². The van der Waals surface area contributed by atoms with Gasteiger partial charge in [-0.2, -0.15) is 5.10 Å². The Balaban J connectivity index is 1.44. The summed E-state index contributed by atoms with van der Waals surface area (Å²) in [7, 11) is 0. The first-order chi connectivity index (χ1) is 15.4. The van der Waals surface area contributed by atoms with E-state index in [1.165, 1.54) is 29.8 Å². The summed E-state index contributed by atoms with van der Waals surface area (Å²) in [6.45, 7) is 3.37. The monoisotopic (exact) mass is 434 g/mol. The molecule has 1 aromatic heterocycles. The maximum absolute atomic E-state index is 14.5. The highest BCUT2D eigenvalue weighted by molar-refractivity contribution is 5.94. The first-order valence-corrected chi connectivity index (χ1v) is 10.4. The molecule has 0 atom stereocenters. The van der Waals surface area contributed by atoms with Crippen molar-refractivity contribution in [1.29, 1.82) is 0 Å². The minimum absolute atomic E-state index is 0.188. The summed E-state index contributed by atoms with van der Waals surface area (Å²) in [5.41, 5.74) is 1.58. The number of anilines is 1. The number of hydrogen-bond acceptors (Lipinski definition) is 5. The van der Waals surface area contributed by atoms with Gasteiger partial charge in [-0.05, 0) is 36.8 Å². The lowest BCUT2D eigenvalue weighted by Gasteiger charge is -2.36. The van der Waals surface area contributed by atoms with Crippen LogP contribution in [0.25, 0.3) is 0 Å². The molecule has 0 radical (unpaired) electrons. The van der Waals surface area contributed by atoms with Crippen molar-refractivity contribution in [1.82, 2.24) is 14.7 Å². The third-order valence-corrected chi connectivity index (χ3v) is 5.52. The highest BCUT2D eigenvalue weighted by atomic mass is 19.1. The lowest BCUT2D eigenvalue weighted by molar-refractivity contribution is 0.0737. The Bertz CT molecular complexity index is 1200. The SMILES string of the molecule is CC(=O)c1ccc(N2CCN(C(=O)c3ccc(=O)n(Cc4ccccc4)n3)CC2)c(F)c1. The molecular formula is C24H23FN4O3. The number of piperazine rings is 1. The van der Waals surface area contributed by atoms with Crippen LogP contribution in [-0.4, -0.2) is 52.5 Å². The number of carbonyl (C=O) groups is 2. The van der Waals surface area contributed by atoms with Crippen molar-refractivity contribution < 1.29 is 14.0 Å². The van der Waals surface area contributed by atoms with Crippen molar-refractivity contribution in [3.05, 3.63) is 93.7 Å². The van der Waals surface area contributed by atoms with Crippen LogP contribution in [0.15, 0.2) is 65.5 Å². The molecule has 1 fully saturated rings. The number of halogens is 1. The molecule has 2 heterocycles. The van der Waals surface area contributed by atoms with Gasteiger partial charge >= 0.3 is 0 Å². The summed E-state index contributed by atoms with van der Waals surface area (Å²) in [5.74, 6) is -0.905. The number of rotatable bonds is 5. The Morgan fingerprint density at radius 1 is 0.969 bits per heavy atom. The standard InChI is InChI=1S/C24H23FN4O3/c1-17(30)19-7-9-22(20(25)15-19)27-11-13-28(14-12-27)24(32)21-8-10-23(31)29(26-21)16-18-5-3-2-4-6-18/h2-10,15H,11-14,16H2,1H3. The van der Waals surface area contributed by atoms with Crippen LogP contribution in [0.2, 0.25) is 0 Å². The maximum atomic E-state index is 14.5. The van der Waals surface area contributed by atoms with E-state index in [4.69, 9.17) is 0 Å². The molecule has 1 aliphatic rings. The molecule has 164 valence electrons. The van der Waals surface area contributed by atoms with Crippen molar-refractivity contribution >= 4 is 17.4 Å². The normalized spacial score (nSPS) is 13.8. The fourth-order valence-electron chi connectivity index (χ4n) is 3.73. The minimum atomic E-state index is -0.452. The van der Waals surface area contributed by atoms with E-state index in [-0.39, 0.29) is 29.5 Å². The molecule has 0 aliphatic carbocycles. The molecule has 1 aliphatic heterocycles. The topological polar surface area (TPSA) is 75.5 Å². The van der Waals surface area contributed by atoms with Gasteiger partial charge in [0, 0.05) is 37.8 Å². The van der Waals surface area contributed by atoms with Gasteiger partial charge in [0.1, 0.15) is 11.5 Å². The van der Waals surface area contributed by atoms with Gasteiger partial charge in [-0.1, -0.05) is 30.3 Å². The second-order valence-electron chi connectivity index (χ2n) is 7.70. The summed E-state index contributed by atoms with van der Waals surface area (Å²) in [5, 5.41) is 4.27. The predicted octanol–water partition coefficient (Wildman–Crippen LogP) is 2.60. The second-order valence-corrected chi connectivity index (χ2v) is 7.70. The number of carbonyl (C=O) groups excluding carboxylic acids is 2. The van der Waals surface area contributed by atoms with Crippen molar-refractivity contribution in [2.75, 3.05) is 31.1 Å². The number of Topliss-reactive ketones (excluding diaryl/α,β-unsaturated/α-hetero) is 1. The molecule has 4 rings (SSSR count). The highest BCUT2D eigenvalue weighted by Gasteiger charge is 2.25. The summed E-state index contributed by atoms with van der Waals surface area (Å²) in [6, 6.07) is 16.7. The molecule has 1 saturated heterocycles. The summed E-state index contributed by atoms with van der Waals surface area (Å²) < 4.78 is 15.7. The molecule has 8 heteroatoms. The molecule has 0 saturated carbocycles. The van der Waals surface area contributed by atoms with E-state index in [0.29, 0.717) is 37.4 Å². The van der Waals surface area contributed by atoms with Gasteiger partial charge in [-0.15, -0.1) is 0 Å². The zero-order chi connectivity index (χ0) is 22.7. The first kappa shape index (κ1) is 21.4. The van der Waals surface area contributed by atoms with E-state index >= 15 is 0 Å². The van der Waals surface area contributed by atoms with E-state index < -0.39 is 5.82 Å². The van der Waals surface area contributed by atoms with Crippen molar-refractivity contribution in [3.8, 4) is 0 Å². The Hall–Kier alpha value is -3.81. The first-order valence-electron chi connectivity index (χ1n) is 10.4. The van der Waals surface area contributed by atoms with E-state index in [2.05, 4.69) is 5.10 Å². The van der Waals surface area contributed by atoms with Gasteiger partial charge in [0.05, 0.1) is 12.2 Å². The summed E-state index contributed by atoms with van der Waals surface area (Å²) in [6.07, 6.45) is 0. The Morgan fingerprint density at radius 3 is 2.34 bits per heavy atom. The summed E-state index contributed by atoms with van der Waals surface area (Å²) >= 11 is 0. The molecular weight excluding hydrogens is 411 g/mol. The molecule has 3 aromatic rings. The van der Waals surface area contributed by atoms with Gasteiger partial charge < -0.3 is 9.80 Å². The molecule has 0 bridgehead atoms. The van der Waals surface area contributed by atoms with E-state index in [1.54, 1.807) is 17.0 Å². The van der Waals surface area contributed by atoms with Gasteiger partial charge in [0.25, 0.3) is 11.5 Å². The fourth-order valence-corrected chi connectivity index (χ4v) is 3.73. The van der Waals surface area contributed by atoms with Crippen LogP contribution in [0.3, 0.4) is 0 Å². The third-order valence-electron chi connectivity index (χ3n) is 5.52. The van der Waals surface area contributed by atoms with Crippen LogP contribution in [0, 0.1) is 5.82 Å². The van der Waals surface area contributed by atoms with Crippen molar-refractivity contribution in [2.24, 2.45) is 0 Å².